The molecule has 1 atom stereocenters. The molecule has 2 N–H and O–H groups in total. The van der Waals surface area contributed by atoms with Crippen molar-refractivity contribution >= 4 is 33.4 Å². The molecule has 1 aromatic carbocycles. The predicted molar refractivity (Wildman–Crippen MR) is 97.2 cm³/mol. The van der Waals surface area contributed by atoms with Gasteiger partial charge in [0.05, 0.1) is 18.7 Å². The van der Waals surface area contributed by atoms with E-state index < -0.39 is 12.2 Å². The summed E-state index contributed by atoms with van der Waals surface area (Å²) in [5, 5.41) is 4.16. The first-order chi connectivity index (χ1) is 12.8. The van der Waals surface area contributed by atoms with E-state index in [0.29, 0.717) is 21.7 Å². The molecule has 27 heavy (non-hydrogen) atoms. The number of hydrogen-bond acceptors (Lipinski definition) is 7. The second-order valence-corrected chi connectivity index (χ2v) is 6.31. The third-order valence-corrected chi connectivity index (χ3v) is 4.18. The zero-order valence-corrected chi connectivity index (χ0v) is 15.8. The number of nitrogens with one attached hydrogen (secondary N) is 2. The maximum absolute atomic E-state index is 12.8. The summed E-state index contributed by atoms with van der Waals surface area (Å²) in [5.74, 6) is 1.54. The van der Waals surface area contributed by atoms with Crippen molar-refractivity contribution < 1.29 is 22.6 Å². The molecule has 1 aliphatic heterocycles. The second-order valence-electron chi connectivity index (χ2n) is 5.45. The number of halogens is 4. The van der Waals surface area contributed by atoms with Crippen LogP contribution in [-0.4, -0.2) is 36.4 Å². The van der Waals surface area contributed by atoms with Gasteiger partial charge >= 0.3 is 6.18 Å². The predicted octanol–water partition coefficient (Wildman–Crippen LogP) is 3.77. The Morgan fingerprint density at radius 3 is 2.41 bits per heavy atom. The Bertz CT molecular complexity index is 840. The molecule has 7 nitrogen and oxygen atoms in total. The summed E-state index contributed by atoms with van der Waals surface area (Å²) in [4.78, 5) is 8.40. The van der Waals surface area contributed by atoms with Crippen molar-refractivity contribution in [2.75, 3.05) is 24.5 Å². The first kappa shape index (κ1) is 19.2. The zero-order chi connectivity index (χ0) is 19.6. The minimum atomic E-state index is -4.40. The molecule has 0 amide bonds. The van der Waals surface area contributed by atoms with Crippen LogP contribution in [0.3, 0.4) is 0 Å². The molecule has 1 aliphatic rings. The van der Waals surface area contributed by atoms with E-state index >= 15 is 0 Å². The molecule has 1 aromatic heterocycles. The number of aromatic nitrogens is 2. The summed E-state index contributed by atoms with van der Waals surface area (Å²) in [6.07, 6.45) is -0.681. The normalized spacial score (nSPS) is 16.5. The Balaban J connectivity index is 1.84. The summed E-state index contributed by atoms with van der Waals surface area (Å²) in [7, 11) is 3.05. The van der Waals surface area contributed by atoms with Crippen LogP contribution in [0.25, 0.3) is 0 Å². The van der Waals surface area contributed by atoms with E-state index in [1.807, 2.05) is 0 Å². The first-order valence-electron chi connectivity index (χ1n) is 7.63. The van der Waals surface area contributed by atoms with Crippen LogP contribution in [0, 0.1) is 0 Å². The van der Waals surface area contributed by atoms with E-state index in [-0.39, 0.29) is 11.8 Å². The van der Waals surface area contributed by atoms with Crippen LogP contribution in [0.1, 0.15) is 0 Å². The molecule has 0 radical (unpaired) electrons. The minimum Gasteiger partial charge on any atom is -0.497 e. The number of alkyl halides is 3. The SMILES string of the molecule is COc1cc(Nc2ncc(Br)c(N3C=CC(C(F)(F)F)N3)n2)cc(OC)c1. The fourth-order valence-electron chi connectivity index (χ4n) is 2.32. The lowest BCUT2D eigenvalue weighted by atomic mass is 10.3. The van der Waals surface area contributed by atoms with E-state index in [2.05, 4.69) is 36.6 Å². The van der Waals surface area contributed by atoms with Crippen LogP contribution in [0.5, 0.6) is 11.5 Å². The smallest absolute Gasteiger partial charge is 0.409 e. The Hall–Kier alpha value is -2.53. The van der Waals surface area contributed by atoms with Crippen molar-refractivity contribution in [1.29, 1.82) is 0 Å². The van der Waals surface area contributed by atoms with E-state index in [0.717, 1.165) is 6.08 Å². The maximum Gasteiger partial charge on any atom is 0.409 e. The van der Waals surface area contributed by atoms with Crippen LogP contribution in [-0.2, 0) is 0 Å². The lowest BCUT2D eigenvalue weighted by molar-refractivity contribution is -0.142. The Morgan fingerprint density at radius 2 is 1.85 bits per heavy atom. The molecule has 0 saturated carbocycles. The molecule has 2 heterocycles. The molecule has 1 unspecified atom stereocenters. The largest absolute Gasteiger partial charge is 0.497 e. The third kappa shape index (κ3) is 4.42. The van der Waals surface area contributed by atoms with E-state index in [1.165, 1.54) is 31.6 Å². The third-order valence-electron chi connectivity index (χ3n) is 3.62. The van der Waals surface area contributed by atoms with Gasteiger partial charge in [0.2, 0.25) is 5.95 Å². The highest BCUT2D eigenvalue weighted by molar-refractivity contribution is 9.10. The Labute approximate surface area is 161 Å². The summed E-state index contributed by atoms with van der Waals surface area (Å²) >= 11 is 3.25. The van der Waals surface area contributed by atoms with Crippen LogP contribution in [0.4, 0.5) is 30.6 Å². The highest BCUT2D eigenvalue weighted by Gasteiger charge is 2.41. The van der Waals surface area contributed by atoms with Crippen molar-refractivity contribution in [3.8, 4) is 11.5 Å². The van der Waals surface area contributed by atoms with Gasteiger partial charge in [-0.3, -0.25) is 5.01 Å². The van der Waals surface area contributed by atoms with Crippen molar-refractivity contribution in [2.24, 2.45) is 0 Å². The van der Waals surface area contributed by atoms with Gasteiger partial charge in [0.1, 0.15) is 17.5 Å². The standard InChI is InChI=1S/C16H15BrF3N5O2/c1-26-10-5-9(6-11(7-10)27-2)22-15-21-8-12(17)14(23-15)25-4-3-13(24-25)16(18,19)20/h3-8,13,24H,1-2H3,(H,21,22,23). The molecule has 0 saturated heterocycles. The molecule has 3 rings (SSSR count). The molecular weight excluding hydrogens is 431 g/mol. The van der Waals surface area contributed by atoms with Crippen LogP contribution in [0.15, 0.2) is 41.1 Å². The number of methoxy groups -OCH3 is 2. The zero-order valence-electron chi connectivity index (χ0n) is 14.2. The van der Waals surface area contributed by atoms with Crippen molar-refractivity contribution in [3.63, 3.8) is 0 Å². The molecule has 0 aliphatic carbocycles. The van der Waals surface area contributed by atoms with E-state index in [1.54, 1.807) is 18.2 Å². The number of rotatable bonds is 5. The number of ether oxygens (including phenoxy) is 2. The lowest BCUT2D eigenvalue weighted by Crippen LogP contribution is -2.44. The molecule has 2 aromatic rings. The van der Waals surface area contributed by atoms with E-state index in [9.17, 15) is 13.2 Å². The van der Waals surface area contributed by atoms with Crippen LogP contribution in [0.2, 0.25) is 0 Å². The summed E-state index contributed by atoms with van der Waals surface area (Å²) in [5.41, 5.74) is 2.92. The number of nitrogens with zero attached hydrogens (tertiary/aromatic N) is 3. The van der Waals surface area contributed by atoms with Gasteiger partial charge in [0.25, 0.3) is 0 Å². The second kappa shape index (κ2) is 7.61. The number of hydrazine groups is 1. The highest BCUT2D eigenvalue weighted by atomic mass is 79.9. The first-order valence-corrected chi connectivity index (χ1v) is 8.42. The summed E-state index contributed by atoms with van der Waals surface area (Å²) in [6.45, 7) is 0. The topological polar surface area (TPSA) is 71.5 Å². The average molecular weight is 446 g/mol. The highest BCUT2D eigenvalue weighted by Crippen LogP contribution is 2.31. The van der Waals surface area contributed by atoms with Crippen molar-refractivity contribution in [2.45, 2.75) is 12.2 Å². The lowest BCUT2D eigenvalue weighted by Gasteiger charge is -2.21. The molecular formula is C16H15BrF3N5O2. The minimum absolute atomic E-state index is 0.189. The van der Waals surface area contributed by atoms with Crippen molar-refractivity contribution in [3.05, 3.63) is 41.1 Å². The monoisotopic (exact) mass is 445 g/mol. The van der Waals surface area contributed by atoms with Gasteiger partial charge in [0.15, 0.2) is 5.82 Å². The van der Waals surface area contributed by atoms with Gasteiger partial charge in [-0.1, -0.05) is 0 Å². The fourth-order valence-corrected chi connectivity index (χ4v) is 2.70. The van der Waals surface area contributed by atoms with Gasteiger partial charge < -0.3 is 14.8 Å². The molecule has 0 bridgehead atoms. The molecule has 144 valence electrons. The van der Waals surface area contributed by atoms with Crippen LogP contribution < -0.4 is 25.2 Å². The van der Waals surface area contributed by atoms with E-state index in [4.69, 9.17) is 9.47 Å². The van der Waals surface area contributed by atoms with Gasteiger partial charge in [-0.15, -0.1) is 0 Å². The van der Waals surface area contributed by atoms with Gasteiger partial charge in [-0.05, 0) is 22.0 Å². The average Bonchev–Trinajstić information content (AvgIpc) is 3.13. The van der Waals surface area contributed by atoms with Gasteiger partial charge in [0, 0.05) is 36.3 Å². The van der Waals surface area contributed by atoms with Gasteiger partial charge in [-0.2, -0.15) is 18.2 Å². The molecule has 11 heteroatoms. The van der Waals surface area contributed by atoms with Crippen molar-refractivity contribution in [1.82, 2.24) is 15.4 Å². The number of anilines is 3. The van der Waals surface area contributed by atoms with Gasteiger partial charge in [-0.25, -0.2) is 10.4 Å². The fraction of sp³-hybridized carbons (Fsp3) is 0.250. The number of hydrogen-bond donors (Lipinski definition) is 2. The number of benzene rings is 1. The van der Waals surface area contributed by atoms with Crippen LogP contribution >= 0.6 is 15.9 Å². The summed E-state index contributed by atoms with van der Waals surface area (Å²) in [6, 6.07) is 3.34. The Kier molecular flexibility index (Phi) is 5.42. The maximum atomic E-state index is 12.8. The molecule has 0 fully saturated rings. The Morgan fingerprint density at radius 1 is 1.19 bits per heavy atom. The quantitative estimate of drug-likeness (QED) is 0.725. The summed E-state index contributed by atoms with van der Waals surface area (Å²) < 4.78 is 49.3. The molecule has 0 spiro atoms.